The molecule has 4 aromatic rings. The lowest BCUT2D eigenvalue weighted by Gasteiger charge is -2.55. The van der Waals surface area contributed by atoms with Gasteiger partial charge in [0.25, 0.3) is 5.56 Å². The summed E-state index contributed by atoms with van der Waals surface area (Å²) < 4.78 is 5.31. The molecule has 40 heavy (non-hydrogen) atoms. The fourth-order valence-corrected chi connectivity index (χ4v) is 6.61. The number of anilines is 2. The number of ether oxygens (including phenoxy) is 1. The van der Waals surface area contributed by atoms with Crippen LogP contribution in [0, 0.1) is 12.3 Å². The highest BCUT2D eigenvalue weighted by Crippen LogP contribution is 2.42. The lowest BCUT2D eigenvalue weighted by Crippen LogP contribution is -2.63. The molecule has 210 valence electrons. The third-order valence-electron chi connectivity index (χ3n) is 8.35. The van der Waals surface area contributed by atoms with Crippen LogP contribution in [0.2, 0.25) is 5.02 Å². The first-order valence-electron chi connectivity index (χ1n) is 14.1. The quantitative estimate of drug-likeness (QED) is 0.264. The maximum Gasteiger partial charge on any atom is 0.261 e. The lowest BCUT2D eigenvalue weighted by molar-refractivity contribution is 0.0447. The van der Waals surface area contributed by atoms with Gasteiger partial charge >= 0.3 is 0 Å². The molecule has 2 aliphatic rings. The van der Waals surface area contributed by atoms with Crippen molar-refractivity contribution in [3.63, 3.8) is 0 Å². The largest absolute Gasteiger partial charge is 0.384 e. The molecule has 4 heterocycles. The van der Waals surface area contributed by atoms with E-state index in [-0.39, 0.29) is 5.56 Å². The summed E-state index contributed by atoms with van der Waals surface area (Å²) in [5.41, 5.74) is 6.76. The molecule has 2 aromatic heterocycles. The second-order valence-corrected chi connectivity index (χ2v) is 11.8. The zero-order valence-corrected chi connectivity index (χ0v) is 24.0. The molecular weight excluding hydrogens is 524 g/mol. The van der Waals surface area contributed by atoms with Crippen molar-refractivity contribution in [2.75, 3.05) is 63.2 Å². The van der Waals surface area contributed by atoms with Crippen molar-refractivity contribution in [1.29, 1.82) is 0 Å². The van der Waals surface area contributed by atoms with E-state index in [4.69, 9.17) is 21.3 Å². The molecule has 0 bridgehead atoms. The third-order valence-corrected chi connectivity index (χ3v) is 8.58. The van der Waals surface area contributed by atoms with E-state index in [9.17, 15) is 4.79 Å². The van der Waals surface area contributed by atoms with E-state index in [1.807, 2.05) is 24.3 Å². The summed E-state index contributed by atoms with van der Waals surface area (Å²) in [6.07, 6.45) is 4.99. The molecule has 2 aliphatic heterocycles. The van der Waals surface area contributed by atoms with E-state index in [2.05, 4.69) is 50.2 Å². The predicted molar refractivity (Wildman–Crippen MR) is 163 cm³/mol. The van der Waals surface area contributed by atoms with Crippen LogP contribution < -0.4 is 15.8 Å². The van der Waals surface area contributed by atoms with Crippen molar-refractivity contribution in [3.05, 3.63) is 75.2 Å². The van der Waals surface area contributed by atoms with E-state index in [1.165, 1.54) is 25.1 Å². The number of rotatable bonds is 9. The monoisotopic (exact) mass is 560 g/mol. The predicted octanol–water partition coefficient (Wildman–Crippen LogP) is 5.08. The number of hydrogen-bond acceptors (Lipinski definition) is 6. The van der Waals surface area contributed by atoms with Gasteiger partial charge in [-0.2, -0.15) is 0 Å². The minimum atomic E-state index is -0.176. The molecule has 1 spiro atoms. The number of fused-ring (bicyclic) bond motifs is 1. The topological polar surface area (TPSA) is 89.3 Å². The van der Waals surface area contributed by atoms with Crippen molar-refractivity contribution in [2.45, 2.75) is 26.2 Å². The highest BCUT2D eigenvalue weighted by Gasteiger charge is 2.45. The standard InChI is InChI=1S/C31H37ClN6O2/c1-21-15-24(38-19-31(20-38)9-4-12-37(18-31)13-14-40-2)17-26-28(21)36-29(35-26)27-25(8-11-34-30(27)39)33-10-7-22-5-3-6-23(32)16-22/h3,5-6,8,11,15-17H,4,7,9-10,12-14,18-20H2,1-2H3,(H,35,36)(H2,33,34,39). The molecule has 0 aliphatic carbocycles. The minimum absolute atomic E-state index is 0.176. The Morgan fingerprint density at radius 3 is 2.88 bits per heavy atom. The summed E-state index contributed by atoms with van der Waals surface area (Å²) in [6, 6.07) is 14.1. The van der Waals surface area contributed by atoms with Crippen LogP contribution in [0.1, 0.15) is 24.0 Å². The number of imidazole rings is 1. The van der Waals surface area contributed by atoms with Crippen LogP contribution in [-0.4, -0.2) is 72.8 Å². The van der Waals surface area contributed by atoms with Gasteiger partial charge in [-0.05, 0) is 74.2 Å². The van der Waals surface area contributed by atoms with Crippen LogP contribution in [0.15, 0.2) is 53.5 Å². The number of aromatic amines is 2. The Morgan fingerprint density at radius 1 is 1.18 bits per heavy atom. The molecule has 9 heteroatoms. The van der Waals surface area contributed by atoms with Crippen molar-refractivity contribution < 1.29 is 4.74 Å². The van der Waals surface area contributed by atoms with E-state index in [0.29, 0.717) is 23.3 Å². The molecule has 2 aromatic carbocycles. The first kappa shape index (κ1) is 26.9. The lowest BCUT2D eigenvalue weighted by atomic mass is 9.73. The number of aromatic nitrogens is 3. The van der Waals surface area contributed by atoms with Gasteiger partial charge in [-0.15, -0.1) is 0 Å². The Hall–Kier alpha value is -3.33. The van der Waals surface area contributed by atoms with Crippen molar-refractivity contribution in [1.82, 2.24) is 19.9 Å². The fourth-order valence-electron chi connectivity index (χ4n) is 6.39. The number of nitrogens with zero attached hydrogens (tertiary/aromatic N) is 3. The summed E-state index contributed by atoms with van der Waals surface area (Å²) in [7, 11) is 1.78. The number of methoxy groups -OCH3 is 1. The molecule has 0 unspecified atom stereocenters. The fraction of sp³-hybridized carbons (Fsp3) is 0.419. The molecule has 0 amide bonds. The minimum Gasteiger partial charge on any atom is -0.384 e. The Balaban J connectivity index is 1.20. The van der Waals surface area contributed by atoms with Crippen molar-refractivity contribution >= 4 is 34.0 Å². The molecular formula is C31H37ClN6O2. The van der Waals surface area contributed by atoms with Crippen molar-refractivity contribution in [2.24, 2.45) is 5.41 Å². The van der Waals surface area contributed by atoms with Gasteiger partial charge in [0.05, 0.1) is 23.3 Å². The molecule has 0 saturated carbocycles. The van der Waals surface area contributed by atoms with E-state index in [1.54, 1.807) is 13.3 Å². The van der Waals surface area contributed by atoms with E-state index >= 15 is 0 Å². The number of benzene rings is 2. The van der Waals surface area contributed by atoms with Crippen LogP contribution in [0.4, 0.5) is 11.4 Å². The Bertz CT molecular complexity index is 1560. The van der Waals surface area contributed by atoms with Gasteiger partial charge in [0.2, 0.25) is 0 Å². The van der Waals surface area contributed by atoms with Crippen molar-refractivity contribution in [3.8, 4) is 11.4 Å². The van der Waals surface area contributed by atoms with Crippen LogP contribution in [0.25, 0.3) is 22.4 Å². The normalized spacial score (nSPS) is 16.9. The second-order valence-electron chi connectivity index (χ2n) is 11.4. The Labute approximate surface area is 239 Å². The molecule has 3 N–H and O–H groups in total. The van der Waals surface area contributed by atoms with E-state index in [0.717, 1.165) is 72.1 Å². The highest BCUT2D eigenvalue weighted by atomic mass is 35.5. The summed E-state index contributed by atoms with van der Waals surface area (Å²) >= 11 is 6.13. The second kappa shape index (κ2) is 11.3. The average molecular weight is 561 g/mol. The number of aryl methyl sites for hydroxylation is 1. The summed E-state index contributed by atoms with van der Waals surface area (Å²) in [6.45, 7) is 9.02. The summed E-state index contributed by atoms with van der Waals surface area (Å²) in [4.78, 5) is 29.2. The van der Waals surface area contributed by atoms with Gasteiger partial charge in [0.1, 0.15) is 11.4 Å². The first-order valence-corrected chi connectivity index (χ1v) is 14.5. The van der Waals surface area contributed by atoms with Gasteiger partial charge in [-0.3, -0.25) is 4.79 Å². The van der Waals surface area contributed by atoms with Crippen LogP contribution >= 0.6 is 11.6 Å². The molecule has 6 rings (SSSR count). The zero-order valence-electron chi connectivity index (χ0n) is 23.2. The van der Waals surface area contributed by atoms with Crippen LogP contribution in [-0.2, 0) is 11.2 Å². The van der Waals surface area contributed by atoms with Gasteiger partial charge in [0, 0.05) is 62.2 Å². The molecule has 0 radical (unpaired) electrons. The number of pyridine rings is 1. The number of hydrogen-bond donors (Lipinski definition) is 3. The average Bonchev–Trinajstić information content (AvgIpc) is 3.35. The van der Waals surface area contributed by atoms with Crippen LogP contribution in [0.3, 0.4) is 0 Å². The van der Waals surface area contributed by atoms with Gasteiger partial charge in [-0.1, -0.05) is 23.7 Å². The Morgan fingerprint density at radius 2 is 2.05 bits per heavy atom. The number of halogens is 1. The summed E-state index contributed by atoms with van der Waals surface area (Å²) in [5.74, 6) is 0.573. The Kier molecular flexibility index (Phi) is 7.57. The highest BCUT2D eigenvalue weighted by molar-refractivity contribution is 6.30. The number of likely N-dealkylation sites (tertiary alicyclic amines) is 1. The summed E-state index contributed by atoms with van der Waals surface area (Å²) in [5, 5.41) is 4.16. The maximum atomic E-state index is 13.0. The molecule has 2 fully saturated rings. The number of piperidine rings is 1. The smallest absolute Gasteiger partial charge is 0.261 e. The van der Waals surface area contributed by atoms with Gasteiger partial charge in [0.15, 0.2) is 0 Å². The SMILES string of the molecule is COCCN1CCCC2(C1)CN(c1cc(C)c3nc(-c4c(NCCc5cccc(Cl)c5)cc[nH]c4=O)[nH]c3c1)C2. The molecule has 8 nitrogen and oxygen atoms in total. The molecule has 2 saturated heterocycles. The number of nitrogens with one attached hydrogen (secondary N) is 3. The third kappa shape index (κ3) is 5.48. The van der Waals surface area contributed by atoms with E-state index < -0.39 is 0 Å². The van der Waals surface area contributed by atoms with Gasteiger partial charge in [-0.25, -0.2) is 4.98 Å². The zero-order chi connectivity index (χ0) is 27.7. The maximum absolute atomic E-state index is 13.0. The molecule has 0 atom stereocenters. The first-order chi connectivity index (χ1) is 19.4. The van der Waals surface area contributed by atoms with Gasteiger partial charge < -0.3 is 29.8 Å². The number of H-pyrrole nitrogens is 2. The van der Waals surface area contributed by atoms with Crippen LogP contribution in [0.5, 0.6) is 0 Å².